The van der Waals surface area contributed by atoms with Gasteiger partial charge < -0.3 is 20.1 Å². The molecular formula is C37H32N2O5S. The Balaban J connectivity index is 1.20. The van der Waals surface area contributed by atoms with E-state index >= 15 is 0 Å². The predicted molar refractivity (Wildman–Crippen MR) is 179 cm³/mol. The molecule has 0 unspecified atom stereocenters. The van der Waals surface area contributed by atoms with E-state index in [4.69, 9.17) is 4.74 Å². The monoisotopic (exact) mass is 616 g/mol. The second kappa shape index (κ2) is 15.3. The van der Waals surface area contributed by atoms with Gasteiger partial charge in [0.1, 0.15) is 18.4 Å². The first-order chi connectivity index (χ1) is 22.0. The summed E-state index contributed by atoms with van der Waals surface area (Å²) in [4.78, 5) is 40.1. The van der Waals surface area contributed by atoms with Crippen LogP contribution in [0.2, 0.25) is 0 Å². The number of hydrogen-bond acceptors (Lipinski definition) is 6. The molecule has 0 aliphatic rings. The number of anilines is 2. The summed E-state index contributed by atoms with van der Waals surface area (Å²) in [7, 11) is 0. The molecule has 1 atom stereocenters. The molecule has 2 N–H and O–H groups in total. The van der Waals surface area contributed by atoms with Crippen LogP contribution in [-0.4, -0.2) is 42.0 Å². The van der Waals surface area contributed by atoms with Gasteiger partial charge in [-0.2, -0.15) is 11.3 Å². The van der Waals surface area contributed by atoms with E-state index in [2.05, 4.69) is 5.32 Å². The van der Waals surface area contributed by atoms with Crippen molar-refractivity contribution in [2.75, 3.05) is 23.4 Å². The van der Waals surface area contributed by atoms with Crippen molar-refractivity contribution in [3.8, 4) is 5.75 Å². The van der Waals surface area contributed by atoms with Crippen molar-refractivity contribution in [2.45, 2.75) is 12.5 Å². The van der Waals surface area contributed by atoms with E-state index in [1.165, 1.54) is 0 Å². The van der Waals surface area contributed by atoms with Gasteiger partial charge in [0, 0.05) is 35.0 Å². The van der Waals surface area contributed by atoms with Gasteiger partial charge in [0.2, 0.25) is 0 Å². The molecule has 0 bridgehead atoms. The van der Waals surface area contributed by atoms with E-state index in [1.807, 2.05) is 65.4 Å². The maximum atomic E-state index is 13.1. The Labute approximate surface area is 266 Å². The summed E-state index contributed by atoms with van der Waals surface area (Å²) >= 11 is 1.57. The average Bonchev–Trinajstić information content (AvgIpc) is 3.61. The molecule has 8 heteroatoms. The molecule has 4 aromatic carbocycles. The van der Waals surface area contributed by atoms with Gasteiger partial charge >= 0.3 is 5.97 Å². The number of carbonyl (C=O) groups excluding carboxylic acids is 2. The van der Waals surface area contributed by atoms with Crippen molar-refractivity contribution in [1.82, 2.24) is 0 Å². The molecule has 0 saturated carbocycles. The Hall–Kier alpha value is -5.47. The van der Waals surface area contributed by atoms with Crippen molar-refractivity contribution in [1.29, 1.82) is 0 Å². The lowest BCUT2D eigenvalue weighted by atomic mass is 10.00. The number of thiophene rings is 1. The minimum absolute atomic E-state index is 0.148. The number of aliphatic carboxylic acids is 1. The van der Waals surface area contributed by atoms with E-state index in [-0.39, 0.29) is 24.7 Å². The van der Waals surface area contributed by atoms with E-state index in [0.29, 0.717) is 29.1 Å². The maximum Gasteiger partial charge on any atom is 0.326 e. The molecule has 1 aromatic heterocycles. The Morgan fingerprint density at radius 1 is 0.844 bits per heavy atom. The first kappa shape index (κ1) is 31.0. The molecule has 5 aromatic rings. The summed E-state index contributed by atoms with van der Waals surface area (Å²) in [5.74, 6) is -0.761. The Morgan fingerprint density at radius 2 is 1.53 bits per heavy atom. The van der Waals surface area contributed by atoms with Gasteiger partial charge in [-0.25, -0.2) is 4.79 Å². The molecule has 0 aliphatic heterocycles. The summed E-state index contributed by atoms with van der Waals surface area (Å²) in [6, 6.07) is 33.4. The van der Waals surface area contributed by atoms with Crippen molar-refractivity contribution in [2.24, 2.45) is 0 Å². The fourth-order valence-electron chi connectivity index (χ4n) is 4.75. The molecule has 1 amide bonds. The van der Waals surface area contributed by atoms with Crippen LogP contribution in [0.3, 0.4) is 0 Å². The second-order valence-electron chi connectivity index (χ2n) is 10.2. The fourth-order valence-corrected chi connectivity index (χ4v) is 5.38. The molecular weight excluding hydrogens is 584 g/mol. The number of carboxylic acids is 1. The van der Waals surface area contributed by atoms with Gasteiger partial charge in [0.25, 0.3) is 5.91 Å². The highest BCUT2D eigenvalue weighted by molar-refractivity contribution is 7.08. The number of nitrogens with zero attached hydrogens (tertiary/aromatic N) is 1. The number of ether oxygens (including phenoxy) is 1. The fraction of sp³-hybridized carbons (Fsp3) is 0.108. The topological polar surface area (TPSA) is 95.9 Å². The molecule has 0 spiro atoms. The summed E-state index contributed by atoms with van der Waals surface area (Å²) in [5.41, 5.74) is 3.93. The van der Waals surface area contributed by atoms with E-state index in [9.17, 15) is 19.5 Å². The first-order valence-electron chi connectivity index (χ1n) is 14.4. The third-order valence-electron chi connectivity index (χ3n) is 7.08. The summed E-state index contributed by atoms with van der Waals surface area (Å²) in [5, 5.41) is 17.0. The molecule has 226 valence electrons. The van der Waals surface area contributed by atoms with Crippen LogP contribution in [0.5, 0.6) is 5.75 Å². The van der Waals surface area contributed by atoms with Crippen molar-refractivity contribution >= 4 is 46.4 Å². The maximum absolute atomic E-state index is 13.1. The van der Waals surface area contributed by atoms with Crippen LogP contribution in [0.1, 0.15) is 27.0 Å². The molecule has 1 heterocycles. The van der Waals surface area contributed by atoms with E-state index < -0.39 is 12.0 Å². The number of amides is 1. The molecule has 0 saturated heterocycles. The number of rotatable bonds is 14. The highest BCUT2D eigenvalue weighted by Crippen LogP contribution is 2.22. The highest BCUT2D eigenvalue weighted by Gasteiger charge is 2.21. The number of benzene rings is 4. The lowest BCUT2D eigenvalue weighted by molar-refractivity contribution is -0.137. The van der Waals surface area contributed by atoms with Crippen molar-refractivity contribution in [3.05, 3.63) is 154 Å². The molecule has 5 rings (SSSR count). The van der Waals surface area contributed by atoms with Crippen LogP contribution < -0.4 is 15.0 Å². The van der Waals surface area contributed by atoms with Crippen LogP contribution in [0.15, 0.2) is 132 Å². The third kappa shape index (κ3) is 8.55. The predicted octanol–water partition coefficient (Wildman–Crippen LogP) is 7.21. The van der Waals surface area contributed by atoms with Crippen LogP contribution in [-0.2, 0) is 16.0 Å². The van der Waals surface area contributed by atoms with Crippen LogP contribution in [0, 0.1) is 0 Å². The molecule has 0 fully saturated rings. The molecule has 0 aliphatic carbocycles. The number of carboxylic acid groups (broad SMARTS) is 1. The molecule has 45 heavy (non-hydrogen) atoms. The smallest absolute Gasteiger partial charge is 0.326 e. The lowest BCUT2D eigenvalue weighted by Gasteiger charge is -2.21. The van der Waals surface area contributed by atoms with Crippen molar-refractivity contribution in [3.63, 3.8) is 0 Å². The Bertz CT molecular complexity index is 1740. The minimum atomic E-state index is -1.03. The van der Waals surface area contributed by atoms with Gasteiger partial charge in [0.15, 0.2) is 5.78 Å². The van der Waals surface area contributed by atoms with Crippen LogP contribution in [0.4, 0.5) is 11.4 Å². The Kier molecular flexibility index (Phi) is 10.5. The molecule has 0 radical (unpaired) electrons. The number of nitrogens with one attached hydrogen (secondary N) is 1. The summed E-state index contributed by atoms with van der Waals surface area (Å²) in [6.45, 7) is 0.600. The van der Waals surface area contributed by atoms with Gasteiger partial charge in [0.05, 0.1) is 6.54 Å². The average molecular weight is 617 g/mol. The normalized spacial score (nSPS) is 11.6. The van der Waals surface area contributed by atoms with Gasteiger partial charge in [-0.3, -0.25) is 9.59 Å². The minimum Gasteiger partial charge on any atom is -0.492 e. The highest BCUT2D eigenvalue weighted by atomic mass is 32.1. The zero-order chi connectivity index (χ0) is 31.4. The number of para-hydroxylation sites is 2. The third-order valence-corrected chi connectivity index (χ3v) is 7.78. The van der Waals surface area contributed by atoms with Gasteiger partial charge in [-0.1, -0.05) is 72.8 Å². The summed E-state index contributed by atoms with van der Waals surface area (Å²) < 4.78 is 5.96. The zero-order valence-corrected chi connectivity index (χ0v) is 25.2. The van der Waals surface area contributed by atoms with Crippen LogP contribution in [0.25, 0.3) is 6.08 Å². The number of hydrogen-bond donors (Lipinski definition) is 2. The lowest BCUT2D eigenvalue weighted by Crippen LogP contribution is -2.33. The zero-order valence-electron chi connectivity index (χ0n) is 24.4. The molecule has 7 nitrogen and oxygen atoms in total. The number of carbonyl (C=O) groups is 3. The van der Waals surface area contributed by atoms with Gasteiger partial charge in [-0.05, 0) is 70.4 Å². The van der Waals surface area contributed by atoms with E-state index in [1.54, 1.807) is 89.1 Å². The van der Waals surface area contributed by atoms with Gasteiger partial charge in [-0.15, -0.1) is 0 Å². The van der Waals surface area contributed by atoms with E-state index in [0.717, 1.165) is 16.8 Å². The summed E-state index contributed by atoms with van der Waals surface area (Å²) in [6.07, 6.45) is 3.55. The standard InChI is InChI=1S/C37H32N2O5S/c40-35(20-17-28-21-24-45-26-28)39(30-11-5-2-6-12-30)22-23-44-31-18-15-27(16-19-31)25-34(37(42)43)38-33-14-8-7-13-32(33)36(41)29-9-3-1-4-10-29/h1-21,24,26,34,38H,22-23,25H2,(H,42,43)/b20-17+/t34-/m0/s1. The second-order valence-corrected chi connectivity index (χ2v) is 11.0. The SMILES string of the molecule is O=C(c1ccccc1)c1ccccc1N[C@@H](Cc1ccc(OCCN(C(=O)/C=C/c2ccsc2)c2ccccc2)cc1)C(=O)O. The first-order valence-corrected chi connectivity index (χ1v) is 15.4. The van der Waals surface area contributed by atoms with Crippen molar-refractivity contribution < 1.29 is 24.2 Å². The largest absolute Gasteiger partial charge is 0.492 e. The number of ketones is 1. The van der Waals surface area contributed by atoms with Crippen LogP contribution >= 0.6 is 11.3 Å². The quantitative estimate of drug-likeness (QED) is 0.101. The Morgan fingerprint density at radius 3 is 2.22 bits per heavy atom.